The Kier molecular flexibility index (Phi) is 9.18. The molecule has 2 amide bonds. The van der Waals surface area contributed by atoms with Crippen molar-refractivity contribution in [3.63, 3.8) is 0 Å². The average molecular weight is 561 g/mol. The maximum absolute atomic E-state index is 13.8. The molecule has 5 unspecified atom stereocenters. The van der Waals surface area contributed by atoms with Crippen LogP contribution in [0, 0.1) is 29.1 Å². The van der Waals surface area contributed by atoms with Crippen molar-refractivity contribution in [3.8, 4) is 0 Å². The molecule has 1 saturated heterocycles. The van der Waals surface area contributed by atoms with Gasteiger partial charge in [-0.05, 0) is 93.7 Å². The van der Waals surface area contributed by atoms with Gasteiger partial charge in [0.2, 0.25) is 5.91 Å². The van der Waals surface area contributed by atoms with Crippen LogP contribution >= 0.6 is 0 Å². The number of nitrogens with one attached hydrogen (secondary N) is 2. The Hall–Kier alpha value is -2.42. The van der Waals surface area contributed by atoms with Gasteiger partial charge in [-0.1, -0.05) is 37.5 Å². The monoisotopic (exact) mass is 560 g/mol. The second kappa shape index (κ2) is 12.6. The average Bonchev–Trinajstić information content (AvgIpc) is 3.26. The molecule has 5 rings (SSSR count). The van der Waals surface area contributed by atoms with E-state index in [-0.39, 0.29) is 29.7 Å². The highest BCUT2D eigenvalue weighted by Gasteiger charge is 2.62. The van der Waals surface area contributed by atoms with E-state index >= 15 is 0 Å². The SMILES string of the molecule is O=C(NC1CCN(CCCCC2(C(=O)NCC(F)(F)F)C3CCC=CC3C3CCCCC32)CC1)c1ccccn1. The summed E-state index contributed by atoms with van der Waals surface area (Å²) in [7, 11) is 0. The van der Waals surface area contributed by atoms with E-state index in [1.807, 2.05) is 0 Å². The molecule has 2 N–H and O–H groups in total. The van der Waals surface area contributed by atoms with E-state index in [9.17, 15) is 22.8 Å². The predicted octanol–water partition coefficient (Wildman–Crippen LogP) is 5.51. The number of carbonyl (C=O) groups excluding carboxylic acids is 2. The highest BCUT2D eigenvalue weighted by atomic mass is 19.4. The Morgan fingerprint density at radius 1 is 1.02 bits per heavy atom. The van der Waals surface area contributed by atoms with E-state index in [0.717, 1.165) is 83.8 Å². The number of pyridine rings is 1. The highest BCUT2D eigenvalue weighted by Crippen LogP contribution is 2.64. The van der Waals surface area contributed by atoms with E-state index in [1.165, 1.54) is 0 Å². The zero-order chi connectivity index (χ0) is 28.2. The number of piperidine rings is 1. The number of halogens is 3. The summed E-state index contributed by atoms with van der Waals surface area (Å²) >= 11 is 0. The van der Waals surface area contributed by atoms with Crippen LogP contribution in [0.2, 0.25) is 0 Å². The number of allylic oxidation sites excluding steroid dienone is 2. The van der Waals surface area contributed by atoms with Crippen molar-refractivity contribution in [1.82, 2.24) is 20.5 Å². The molecule has 2 saturated carbocycles. The Bertz CT molecular complexity index is 1040. The van der Waals surface area contributed by atoms with Gasteiger partial charge in [-0.2, -0.15) is 13.2 Å². The normalized spacial score (nSPS) is 30.9. The first-order chi connectivity index (χ1) is 19.3. The molecule has 1 aliphatic heterocycles. The number of nitrogens with zero attached hydrogens (tertiary/aromatic N) is 2. The van der Waals surface area contributed by atoms with Gasteiger partial charge in [0.1, 0.15) is 12.2 Å². The lowest BCUT2D eigenvalue weighted by atomic mass is 9.62. The lowest BCUT2D eigenvalue weighted by Crippen LogP contribution is -2.51. The number of carbonyl (C=O) groups is 2. The van der Waals surface area contributed by atoms with Crippen LogP contribution in [0.5, 0.6) is 0 Å². The van der Waals surface area contributed by atoms with Gasteiger partial charge in [0, 0.05) is 25.3 Å². The fourth-order valence-electron chi connectivity index (χ4n) is 8.41. The van der Waals surface area contributed by atoms with Crippen LogP contribution in [0.25, 0.3) is 0 Å². The molecule has 4 aliphatic rings. The lowest BCUT2D eigenvalue weighted by molar-refractivity contribution is -0.150. The molecule has 3 aliphatic carbocycles. The molecule has 0 spiro atoms. The summed E-state index contributed by atoms with van der Waals surface area (Å²) in [6.45, 7) is 1.45. The van der Waals surface area contributed by atoms with Crippen molar-refractivity contribution in [2.24, 2.45) is 29.1 Å². The molecule has 6 nitrogen and oxygen atoms in total. The third-order valence-electron chi connectivity index (χ3n) is 10.1. The van der Waals surface area contributed by atoms with Gasteiger partial charge >= 0.3 is 6.18 Å². The molecule has 0 aromatic carbocycles. The van der Waals surface area contributed by atoms with E-state index in [1.54, 1.807) is 24.4 Å². The zero-order valence-corrected chi connectivity index (χ0v) is 23.3. The van der Waals surface area contributed by atoms with Gasteiger partial charge in [0.05, 0.1) is 5.41 Å². The summed E-state index contributed by atoms with van der Waals surface area (Å²) in [6, 6.07) is 5.44. The molecule has 1 aromatic heterocycles. The molecule has 220 valence electrons. The second-order valence-corrected chi connectivity index (χ2v) is 12.3. The van der Waals surface area contributed by atoms with E-state index in [2.05, 4.69) is 32.7 Å². The number of aromatic nitrogens is 1. The summed E-state index contributed by atoms with van der Waals surface area (Å²) in [5, 5.41) is 5.45. The Morgan fingerprint density at radius 3 is 2.58 bits per heavy atom. The number of amides is 2. The maximum atomic E-state index is 13.8. The summed E-state index contributed by atoms with van der Waals surface area (Å²) in [5.41, 5.74) is -0.268. The van der Waals surface area contributed by atoms with Crippen molar-refractivity contribution in [2.75, 3.05) is 26.2 Å². The number of fused-ring (bicyclic) bond motifs is 3. The van der Waals surface area contributed by atoms with Gasteiger partial charge in [0.25, 0.3) is 5.91 Å². The van der Waals surface area contributed by atoms with E-state index in [4.69, 9.17) is 0 Å². The summed E-state index contributed by atoms with van der Waals surface area (Å²) < 4.78 is 39.4. The van der Waals surface area contributed by atoms with Crippen molar-refractivity contribution in [3.05, 3.63) is 42.2 Å². The molecule has 40 heavy (non-hydrogen) atoms. The number of alkyl halides is 3. The summed E-state index contributed by atoms with van der Waals surface area (Å²) in [5.74, 6) is 0.543. The minimum Gasteiger partial charge on any atom is -0.348 e. The molecule has 9 heteroatoms. The van der Waals surface area contributed by atoms with Crippen LogP contribution in [0.4, 0.5) is 13.2 Å². The number of unbranched alkanes of at least 4 members (excludes halogenated alkanes) is 1. The molecule has 3 fully saturated rings. The zero-order valence-electron chi connectivity index (χ0n) is 23.3. The predicted molar refractivity (Wildman–Crippen MR) is 147 cm³/mol. The topological polar surface area (TPSA) is 74.3 Å². The summed E-state index contributed by atoms with van der Waals surface area (Å²) in [6.07, 6.45) is 11.9. The van der Waals surface area contributed by atoms with Gasteiger partial charge < -0.3 is 15.5 Å². The van der Waals surface area contributed by atoms with Gasteiger partial charge in [-0.3, -0.25) is 14.6 Å². The highest BCUT2D eigenvalue weighted by molar-refractivity contribution is 5.92. The minimum absolute atomic E-state index is 0.129. The first kappa shape index (κ1) is 29.1. The third kappa shape index (κ3) is 6.39. The Balaban J connectivity index is 1.17. The number of hydrogen-bond donors (Lipinski definition) is 2. The molecular formula is C31H43F3N4O2. The number of likely N-dealkylation sites (tertiary alicyclic amines) is 1. The molecule has 2 heterocycles. The van der Waals surface area contributed by atoms with Gasteiger partial charge in [-0.15, -0.1) is 0 Å². The Labute approximate surface area is 235 Å². The molecule has 5 atom stereocenters. The smallest absolute Gasteiger partial charge is 0.348 e. The van der Waals surface area contributed by atoms with Crippen molar-refractivity contribution < 1.29 is 22.8 Å². The van der Waals surface area contributed by atoms with Crippen LogP contribution in [-0.2, 0) is 4.79 Å². The summed E-state index contributed by atoms with van der Waals surface area (Å²) in [4.78, 5) is 32.7. The van der Waals surface area contributed by atoms with Gasteiger partial charge in [-0.25, -0.2) is 0 Å². The van der Waals surface area contributed by atoms with E-state index in [0.29, 0.717) is 24.0 Å². The van der Waals surface area contributed by atoms with Crippen molar-refractivity contribution >= 4 is 11.8 Å². The van der Waals surface area contributed by atoms with Crippen molar-refractivity contribution in [1.29, 1.82) is 0 Å². The number of rotatable bonds is 9. The first-order valence-corrected chi connectivity index (χ1v) is 15.2. The van der Waals surface area contributed by atoms with Crippen LogP contribution < -0.4 is 10.6 Å². The van der Waals surface area contributed by atoms with Crippen LogP contribution in [-0.4, -0.2) is 60.1 Å². The first-order valence-electron chi connectivity index (χ1n) is 15.2. The fourth-order valence-corrected chi connectivity index (χ4v) is 8.41. The molecule has 1 aromatic rings. The van der Waals surface area contributed by atoms with Crippen LogP contribution in [0.1, 0.15) is 81.1 Å². The molecule has 0 bridgehead atoms. The number of hydrogen-bond acceptors (Lipinski definition) is 4. The second-order valence-electron chi connectivity index (χ2n) is 12.3. The molecular weight excluding hydrogens is 517 g/mol. The fraction of sp³-hybridized carbons (Fsp3) is 0.710. The maximum Gasteiger partial charge on any atom is 0.405 e. The Morgan fingerprint density at radius 2 is 1.82 bits per heavy atom. The minimum atomic E-state index is -4.41. The van der Waals surface area contributed by atoms with Crippen LogP contribution in [0.3, 0.4) is 0 Å². The van der Waals surface area contributed by atoms with Gasteiger partial charge in [0.15, 0.2) is 0 Å². The third-order valence-corrected chi connectivity index (χ3v) is 10.1. The van der Waals surface area contributed by atoms with Crippen LogP contribution in [0.15, 0.2) is 36.5 Å². The van der Waals surface area contributed by atoms with E-state index < -0.39 is 18.1 Å². The quantitative estimate of drug-likeness (QED) is 0.309. The largest absolute Gasteiger partial charge is 0.405 e. The molecule has 0 radical (unpaired) electrons. The standard InChI is InChI=1S/C31H43F3N4O2/c32-31(33,34)21-36-29(40)30(25-11-3-1-9-23(25)24-10-2-4-12-26(24)30)16-6-8-18-38-19-14-22(15-20-38)37-28(39)27-13-5-7-17-35-27/h1,5,7,9,13,17,22-26H,2-4,6,8,10-12,14-16,18-21H2,(H,36,40)(H,37,39). The lowest BCUT2D eigenvalue weighted by Gasteiger charge is -2.42. The van der Waals surface area contributed by atoms with Crippen molar-refractivity contribution in [2.45, 2.75) is 82.8 Å².